The van der Waals surface area contributed by atoms with E-state index in [0.29, 0.717) is 0 Å². The molecule has 11 rings (SSSR count). The number of aromatic nitrogens is 1. The Kier molecular flexibility index (Phi) is 9.09. The lowest BCUT2D eigenvalue weighted by molar-refractivity contribution is 0.660. The Labute approximate surface area is 365 Å². The van der Waals surface area contributed by atoms with Crippen LogP contribution in [-0.4, -0.2) is 4.57 Å². The minimum Gasteiger partial charge on any atom is -0.311 e. The molecule has 0 saturated carbocycles. The third kappa shape index (κ3) is 6.35. The number of rotatable bonds is 8. The van der Waals surface area contributed by atoms with Crippen molar-refractivity contribution < 1.29 is 0 Å². The van der Waals surface area contributed by atoms with Crippen LogP contribution in [0.15, 0.2) is 212 Å². The number of aryl methyl sites for hydroxylation is 2. The van der Waals surface area contributed by atoms with Crippen molar-refractivity contribution >= 4 is 50.2 Å². The highest BCUT2D eigenvalue weighted by Gasteiger charge is 2.35. The van der Waals surface area contributed by atoms with Crippen molar-refractivity contribution in [3.63, 3.8) is 0 Å². The monoisotopic (exact) mass is 799 g/mol. The molecular weight excluding hydrogens is 751 g/mol. The van der Waals surface area contributed by atoms with E-state index in [1.54, 1.807) is 0 Å². The number of allylic oxidation sites excluding steroid dienone is 3. The molecule has 1 heterocycles. The van der Waals surface area contributed by atoms with Gasteiger partial charge < -0.3 is 14.4 Å². The first kappa shape index (κ1) is 37.6. The normalized spacial score (nSPS) is 15.0. The highest BCUT2D eigenvalue weighted by atomic mass is 15.2. The van der Waals surface area contributed by atoms with Gasteiger partial charge in [-0.15, -0.1) is 0 Å². The van der Waals surface area contributed by atoms with Gasteiger partial charge in [0.15, 0.2) is 0 Å². The van der Waals surface area contributed by atoms with Crippen LogP contribution in [0.25, 0.3) is 38.6 Å². The summed E-state index contributed by atoms with van der Waals surface area (Å²) in [5.41, 5.74) is 19.7. The summed E-state index contributed by atoms with van der Waals surface area (Å²) >= 11 is 0. The molecule has 0 radical (unpaired) electrons. The van der Waals surface area contributed by atoms with Gasteiger partial charge >= 0.3 is 0 Å². The number of hydrogen-bond donors (Lipinski definition) is 0. The van der Waals surface area contributed by atoms with Crippen molar-refractivity contribution in [3.8, 4) is 16.8 Å². The summed E-state index contributed by atoms with van der Waals surface area (Å²) in [4.78, 5) is 4.82. The fourth-order valence-electron chi connectivity index (χ4n) is 9.98. The number of para-hydroxylation sites is 2. The molecule has 8 aromatic carbocycles. The van der Waals surface area contributed by atoms with Gasteiger partial charge in [0.05, 0.1) is 11.0 Å². The molecule has 1 atom stereocenters. The molecule has 9 aromatic rings. The number of hydrogen-bond acceptors (Lipinski definition) is 2. The average Bonchev–Trinajstić information content (AvgIpc) is 3.76. The Balaban J connectivity index is 0.922. The number of nitrogens with zero attached hydrogens (tertiary/aromatic N) is 3. The van der Waals surface area contributed by atoms with Crippen LogP contribution in [0, 0.1) is 13.8 Å². The lowest BCUT2D eigenvalue weighted by Crippen LogP contribution is -2.18. The maximum Gasteiger partial charge on any atom is 0.0542 e. The third-order valence-corrected chi connectivity index (χ3v) is 13.3. The fraction of sp³-hybridized carbons (Fsp3) is 0.119. The predicted molar refractivity (Wildman–Crippen MR) is 262 cm³/mol. The topological polar surface area (TPSA) is 11.4 Å². The highest BCUT2D eigenvalue weighted by Crippen LogP contribution is 2.50. The second-order valence-electron chi connectivity index (χ2n) is 17.6. The lowest BCUT2D eigenvalue weighted by atomic mass is 9.82. The molecule has 0 amide bonds. The van der Waals surface area contributed by atoms with E-state index in [-0.39, 0.29) is 11.3 Å². The summed E-state index contributed by atoms with van der Waals surface area (Å²) < 4.78 is 2.38. The van der Waals surface area contributed by atoms with Crippen LogP contribution in [0.1, 0.15) is 54.0 Å². The van der Waals surface area contributed by atoms with Gasteiger partial charge in [-0.05, 0) is 139 Å². The smallest absolute Gasteiger partial charge is 0.0542 e. The zero-order valence-electron chi connectivity index (χ0n) is 35.8. The molecule has 3 heteroatoms. The minimum absolute atomic E-state index is 0.0269. The summed E-state index contributed by atoms with van der Waals surface area (Å²) in [6, 6.07) is 69.3. The van der Waals surface area contributed by atoms with E-state index in [4.69, 9.17) is 0 Å². The Bertz CT molecular complexity index is 3180. The first-order valence-electron chi connectivity index (χ1n) is 21.9. The molecule has 3 nitrogen and oxygen atoms in total. The fourth-order valence-corrected chi connectivity index (χ4v) is 9.98. The van der Waals surface area contributed by atoms with Crippen LogP contribution in [-0.2, 0) is 5.41 Å². The highest BCUT2D eigenvalue weighted by molar-refractivity contribution is 6.10. The molecule has 0 bridgehead atoms. The van der Waals surface area contributed by atoms with Crippen molar-refractivity contribution in [2.24, 2.45) is 0 Å². The zero-order valence-corrected chi connectivity index (χ0v) is 35.8. The molecule has 300 valence electrons. The van der Waals surface area contributed by atoms with Crippen molar-refractivity contribution in [1.29, 1.82) is 0 Å². The van der Waals surface area contributed by atoms with E-state index >= 15 is 0 Å². The third-order valence-electron chi connectivity index (χ3n) is 13.3. The van der Waals surface area contributed by atoms with E-state index in [0.717, 1.165) is 29.2 Å². The quantitative estimate of drug-likeness (QED) is 0.152. The Morgan fingerprint density at radius 1 is 0.484 bits per heavy atom. The van der Waals surface area contributed by atoms with Gasteiger partial charge in [0.2, 0.25) is 0 Å². The predicted octanol–water partition coefficient (Wildman–Crippen LogP) is 15.9. The summed E-state index contributed by atoms with van der Waals surface area (Å²) in [6.45, 7) is 9.00. The van der Waals surface area contributed by atoms with Gasteiger partial charge in [0, 0.05) is 61.9 Å². The van der Waals surface area contributed by atoms with Gasteiger partial charge in [-0.1, -0.05) is 140 Å². The van der Waals surface area contributed by atoms with Crippen molar-refractivity contribution in [3.05, 3.63) is 240 Å². The van der Waals surface area contributed by atoms with Crippen molar-refractivity contribution in [2.45, 2.75) is 45.4 Å². The van der Waals surface area contributed by atoms with Crippen LogP contribution >= 0.6 is 0 Å². The van der Waals surface area contributed by atoms with E-state index in [1.165, 1.54) is 77.8 Å². The Hall–Kier alpha value is -7.36. The zero-order chi connectivity index (χ0) is 42.0. The second-order valence-corrected chi connectivity index (χ2v) is 17.6. The maximum atomic E-state index is 2.43. The first-order chi connectivity index (χ1) is 30.3. The van der Waals surface area contributed by atoms with Crippen LogP contribution in [0.5, 0.6) is 0 Å². The molecule has 1 aromatic heterocycles. The number of benzene rings is 8. The van der Waals surface area contributed by atoms with E-state index in [2.05, 4.69) is 248 Å². The summed E-state index contributed by atoms with van der Waals surface area (Å²) in [6.07, 6.45) is 8.06. The minimum atomic E-state index is -0.0269. The second kappa shape index (κ2) is 15.0. The molecule has 2 aliphatic rings. The van der Waals surface area contributed by atoms with Crippen LogP contribution < -0.4 is 9.80 Å². The summed E-state index contributed by atoms with van der Waals surface area (Å²) in [5, 5.41) is 2.48. The first-order valence-corrected chi connectivity index (χ1v) is 21.9. The Morgan fingerprint density at radius 2 is 1.05 bits per heavy atom. The number of anilines is 5. The molecule has 0 fully saturated rings. The SMILES string of the molecule is Cc1ccc(N(C2=CCC(c3ccc(N(c4ccc(C)cc4)c4ccc5c(c4)c4ccccc4n5-c4ccccc4)cc3)C=C2)c2ccc3c(c2)-c2ccccc2C3(C)C)cc1. The molecule has 0 N–H and O–H groups in total. The lowest BCUT2D eigenvalue weighted by Gasteiger charge is -2.30. The largest absolute Gasteiger partial charge is 0.311 e. The van der Waals surface area contributed by atoms with Crippen molar-refractivity contribution in [1.82, 2.24) is 4.57 Å². The van der Waals surface area contributed by atoms with Crippen LogP contribution in [0.4, 0.5) is 28.4 Å². The summed E-state index contributed by atoms with van der Waals surface area (Å²) in [7, 11) is 0. The van der Waals surface area contributed by atoms with Crippen LogP contribution in [0.3, 0.4) is 0 Å². The molecule has 0 saturated heterocycles. The molecule has 1 unspecified atom stereocenters. The van der Waals surface area contributed by atoms with Crippen molar-refractivity contribution in [2.75, 3.05) is 9.80 Å². The van der Waals surface area contributed by atoms with E-state index in [9.17, 15) is 0 Å². The molecule has 0 aliphatic heterocycles. The van der Waals surface area contributed by atoms with Crippen LogP contribution in [0.2, 0.25) is 0 Å². The van der Waals surface area contributed by atoms with Gasteiger partial charge in [-0.3, -0.25) is 0 Å². The van der Waals surface area contributed by atoms with Gasteiger partial charge in [0.25, 0.3) is 0 Å². The molecular formula is C59H49N3. The Morgan fingerprint density at radius 3 is 1.76 bits per heavy atom. The maximum absolute atomic E-state index is 2.43. The van der Waals surface area contributed by atoms with Gasteiger partial charge in [-0.25, -0.2) is 0 Å². The van der Waals surface area contributed by atoms with E-state index in [1.807, 2.05) is 0 Å². The molecule has 62 heavy (non-hydrogen) atoms. The molecule has 0 spiro atoms. The van der Waals surface area contributed by atoms with Gasteiger partial charge in [0.1, 0.15) is 0 Å². The van der Waals surface area contributed by atoms with E-state index < -0.39 is 0 Å². The molecule has 2 aliphatic carbocycles. The standard InChI is InChI=1S/C59H49N3/c1-40-18-26-45(27-19-40)60(49-34-36-56-53(38-49)51-14-8-10-16-55(51)59(56,3)4)47-30-22-42(23-31-47)43-24-32-48(33-25-43)61(46-28-20-41(2)21-29-46)50-35-37-58-54(39-50)52-15-9-11-17-57(52)62(58)44-12-6-5-7-13-44/h5-22,24-39,42H,23H2,1-4H3. The average molecular weight is 800 g/mol. The van der Waals surface area contributed by atoms with Gasteiger partial charge in [-0.2, -0.15) is 0 Å². The number of fused-ring (bicyclic) bond motifs is 6. The summed E-state index contributed by atoms with van der Waals surface area (Å²) in [5.74, 6) is 0.272.